The second-order valence-corrected chi connectivity index (χ2v) is 5.87. The number of rotatable bonds is 7. The Morgan fingerprint density at radius 1 is 1.20 bits per heavy atom. The molecule has 2 heterocycles. The molecular formula is C16H20N2OS. The quantitative estimate of drug-likeness (QED) is 0.732. The van der Waals surface area contributed by atoms with Crippen molar-refractivity contribution in [2.24, 2.45) is 0 Å². The molecule has 106 valence electrons. The fraction of sp³-hybridized carbons (Fsp3) is 0.375. The molecular weight excluding hydrogens is 268 g/mol. The molecule has 0 fully saturated rings. The Labute approximate surface area is 124 Å². The maximum Gasteiger partial charge on any atom is 0.186 e. The molecule has 0 amide bonds. The number of carbonyl (C=O) groups excluding carboxylic acids is 1. The average Bonchev–Trinajstić information content (AvgIpc) is 2.96. The Bertz CT molecular complexity index is 551. The first kappa shape index (κ1) is 14.9. The number of carbonyl (C=O) groups is 1. The van der Waals surface area contributed by atoms with Crippen molar-refractivity contribution in [3.05, 3.63) is 52.0 Å². The fourth-order valence-electron chi connectivity index (χ4n) is 2.02. The summed E-state index contributed by atoms with van der Waals surface area (Å²) >= 11 is 1.61. The third-order valence-electron chi connectivity index (χ3n) is 3.25. The minimum Gasteiger partial charge on any atom is -0.292 e. The zero-order valence-electron chi connectivity index (χ0n) is 12.0. The van der Waals surface area contributed by atoms with E-state index in [0.717, 1.165) is 24.4 Å². The summed E-state index contributed by atoms with van der Waals surface area (Å²) in [5, 5.41) is 0. The molecule has 0 N–H and O–H groups in total. The lowest BCUT2D eigenvalue weighted by Crippen LogP contribution is -2.29. The van der Waals surface area contributed by atoms with Gasteiger partial charge in [-0.05, 0) is 42.8 Å². The normalized spacial score (nSPS) is 10.9. The van der Waals surface area contributed by atoms with Crippen molar-refractivity contribution in [3.63, 3.8) is 0 Å². The van der Waals surface area contributed by atoms with Gasteiger partial charge in [0.1, 0.15) is 0 Å². The Balaban J connectivity index is 1.97. The molecule has 0 aliphatic heterocycles. The molecule has 20 heavy (non-hydrogen) atoms. The van der Waals surface area contributed by atoms with E-state index in [-0.39, 0.29) is 5.78 Å². The van der Waals surface area contributed by atoms with E-state index in [9.17, 15) is 4.79 Å². The lowest BCUT2D eigenvalue weighted by atomic mass is 10.2. The average molecular weight is 288 g/mol. The number of aromatic nitrogens is 1. The predicted octanol–water partition coefficient (Wildman–Crippen LogP) is 3.41. The minimum atomic E-state index is 0.214. The second-order valence-electron chi connectivity index (χ2n) is 4.70. The van der Waals surface area contributed by atoms with Crippen LogP contribution < -0.4 is 0 Å². The maximum atomic E-state index is 12.3. The lowest BCUT2D eigenvalue weighted by molar-refractivity contribution is 0.0933. The van der Waals surface area contributed by atoms with E-state index < -0.39 is 0 Å². The highest BCUT2D eigenvalue weighted by molar-refractivity contribution is 7.14. The SMILES string of the molecule is CCc1ccc(C(=O)CN(CC)Cc2ccncc2)s1. The van der Waals surface area contributed by atoms with Crippen LogP contribution in [0.15, 0.2) is 36.7 Å². The molecule has 0 atom stereocenters. The topological polar surface area (TPSA) is 33.2 Å². The van der Waals surface area contributed by atoms with Crippen molar-refractivity contribution >= 4 is 17.1 Å². The van der Waals surface area contributed by atoms with E-state index in [0.29, 0.717) is 6.54 Å². The molecule has 0 aromatic carbocycles. The molecule has 4 heteroatoms. The standard InChI is InChI=1S/C16H20N2OS/c1-3-14-5-6-16(20-14)15(19)12-18(4-2)11-13-7-9-17-10-8-13/h5-10H,3-4,11-12H2,1-2H3. The largest absolute Gasteiger partial charge is 0.292 e. The Kier molecular flexibility index (Phi) is 5.44. The van der Waals surface area contributed by atoms with Gasteiger partial charge in [0, 0.05) is 23.8 Å². The van der Waals surface area contributed by atoms with Crippen molar-refractivity contribution < 1.29 is 4.79 Å². The molecule has 0 spiro atoms. The first-order chi connectivity index (χ1) is 9.72. The summed E-state index contributed by atoms with van der Waals surface area (Å²) in [7, 11) is 0. The second kappa shape index (κ2) is 7.31. The highest BCUT2D eigenvalue weighted by Gasteiger charge is 2.13. The van der Waals surface area contributed by atoms with Gasteiger partial charge in [0.05, 0.1) is 11.4 Å². The van der Waals surface area contributed by atoms with Gasteiger partial charge in [-0.1, -0.05) is 13.8 Å². The van der Waals surface area contributed by atoms with E-state index >= 15 is 0 Å². The summed E-state index contributed by atoms with van der Waals surface area (Å²) in [6.45, 7) is 6.32. The van der Waals surface area contributed by atoms with Gasteiger partial charge in [0.25, 0.3) is 0 Å². The van der Waals surface area contributed by atoms with Gasteiger partial charge in [0.2, 0.25) is 0 Å². The van der Waals surface area contributed by atoms with Crippen LogP contribution in [-0.4, -0.2) is 28.8 Å². The van der Waals surface area contributed by atoms with Crippen LogP contribution >= 0.6 is 11.3 Å². The Morgan fingerprint density at radius 2 is 1.95 bits per heavy atom. The smallest absolute Gasteiger partial charge is 0.186 e. The Morgan fingerprint density at radius 3 is 2.55 bits per heavy atom. The van der Waals surface area contributed by atoms with Crippen molar-refractivity contribution in [1.82, 2.24) is 9.88 Å². The number of pyridine rings is 1. The number of nitrogens with zero attached hydrogens (tertiary/aromatic N) is 2. The number of thiophene rings is 1. The minimum absolute atomic E-state index is 0.214. The van der Waals surface area contributed by atoms with Gasteiger partial charge >= 0.3 is 0 Å². The van der Waals surface area contributed by atoms with E-state index in [4.69, 9.17) is 0 Å². The highest BCUT2D eigenvalue weighted by atomic mass is 32.1. The van der Waals surface area contributed by atoms with Gasteiger partial charge in [-0.25, -0.2) is 0 Å². The molecule has 0 aliphatic rings. The number of ketones is 1. The zero-order chi connectivity index (χ0) is 14.4. The molecule has 2 rings (SSSR count). The van der Waals surface area contributed by atoms with Crippen LogP contribution in [0.1, 0.15) is 34.0 Å². The van der Waals surface area contributed by atoms with Crippen LogP contribution in [0.25, 0.3) is 0 Å². The van der Waals surface area contributed by atoms with Gasteiger partial charge < -0.3 is 0 Å². The summed E-state index contributed by atoms with van der Waals surface area (Å²) < 4.78 is 0. The molecule has 0 radical (unpaired) electrons. The van der Waals surface area contributed by atoms with E-state index in [1.165, 1.54) is 10.4 Å². The number of aryl methyl sites for hydroxylation is 1. The Hall–Kier alpha value is -1.52. The predicted molar refractivity (Wildman–Crippen MR) is 83.2 cm³/mol. The van der Waals surface area contributed by atoms with Crippen LogP contribution in [0.5, 0.6) is 0 Å². The lowest BCUT2D eigenvalue weighted by Gasteiger charge is -2.19. The number of likely N-dealkylation sites (N-methyl/N-ethyl adjacent to an activating group) is 1. The summed E-state index contributed by atoms with van der Waals surface area (Å²) in [5.74, 6) is 0.214. The van der Waals surface area contributed by atoms with Crippen molar-refractivity contribution in [2.45, 2.75) is 26.8 Å². The monoisotopic (exact) mass is 288 g/mol. The third-order valence-corrected chi connectivity index (χ3v) is 4.53. The van der Waals surface area contributed by atoms with Crippen molar-refractivity contribution in [2.75, 3.05) is 13.1 Å². The molecule has 0 saturated heterocycles. The summed E-state index contributed by atoms with van der Waals surface area (Å²) in [6.07, 6.45) is 4.57. The van der Waals surface area contributed by atoms with Gasteiger partial charge in [-0.15, -0.1) is 11.3 Å². The first-order valence-corrected chi connectivity index (χ1v) is 7.77. The summed E-state index contributed by atoms with van der Waals surface area (Å²) in [5.41, 5.74) is 1.19. The zero-order valence-corrected chi connectivity index (χ0v) is 12.8. The molecule has 3 nitrogen and oxygen atoms in total. The molecule has 0 aliphatic carbocycles. The van der Waals surface area contributed by atoms with Crippen LogP contribution in [0.2, 0.25) is 0 Å². The third kappa shape index (κ3) is 3.99. The molecule has 2 aromatic heterocycles. The van der Waals surface area contributed by atoms with Crippen molar-refractivity contribution in [1.29, 1.82) is 0 Å². The number of hydrogen-bond donors (Lipinski definition) is 0. The first-order valence-electron chi connectivity index (χ1n) is 6.96. The van der Waals surface area contributed by atoms with Crippen LogP contribution in [0, 0.1) is 0 Å². The van der Waals surface area contributed by atoms with E-state index in [2.05, 4.69) is 29.8 Å². The highest BCUT2D eigenvalue weighted by Crippen LogP contribution is 2.18. The molecule has 0 bridgehead atoms. The van der Waals surface area contributed by atoms with Gasteiger partial charge in [-0.3, -0.25) is 14.7 Å². The maximum absolute atomic E-state index is 12.3. The number of hydrogen-bond acceptors (Lipinski definition) is 4. The molecule has 0 unspecified atom stereocenters. The molecule has 2 aromatic rings. The van der Waals surface area contributed by atoms with Crippen LogP contribution in [0.3, 0.4) is 0 Å². The van der Waals surface area contributed by atoms with Crippen LogP contribution in [0.4, 0.5) is 0 Å². The summed E-state index contributed by atoms with van der Waals surface area (Å²) in [4.78, 5) is 20.6. The van der Waals surface area contributed by atoms with Gasteiger partial charge in [-0.2, -0.15) is 0 Å². The van der Waals surface area contributed by atoms with E-state index in [1.54, 1.807) is 23.7 Å². The fourth-order valence-corrected chi connectivity index (χ4v) is 2.90. The van der Waals surface area contributed by atoms with Crippen LogP contribution in [-0.2, 0) is 13.0 Å². The van der Waals surface area contributed by atoms with Crippen molar-refractivity contribution in [3.8, 4) is 0 Å². The number of Topliss-reactive ketones (excluding diaryl/α,β-unsaturated/α-hetero) is 1. The van der Waals surface area contributed by atoms with E-state index in [1.807, 2.05) is 18.2 Å². The van der Waals surface area contributed by atoms with Gasteiger partial charge in [0.15, 0.2) is 5.78 Å². The molecule has 0 saturated carbocycles. The summed E-state index contributed by atoms with van der Waals surface area (Å²) in [6, 6.07) is 7.99.